The molecule has 1 aliphatic carbocycles. The molecule has 0 radical (unpaired) electrons. The van der Waals surface area contributed by atoms with Crippen molar-refractivity contribution in [2.75, 3.05) is 0 Å². The Bertz CT molecular complexity index is 510. The highest BCUT2D eigenvalue weighted by Crippen LogP contribution is 2.37. The molecule has 0 spiro atoms. The lowest BCUT2D eigenvalue weighted by atomic mass is 9.72. The molecule has 1 fully saturated rings. The Morgan fingerprint density at radius 3 is 2.57 bits per heavy atom. The second-order valence-corrected chi connectivity index (χ2v) is 5.60. The molecular weight excluding hydrogens is 268 g/mol. The monoisotopic (exact) mass is 290 g/mol. The maximum absolute atomic E-state index is 12.7. The van der Waals surface area contributed by atoms with Gasteiger partial charge in [-0.2, -0.15) is 0 Å². The SMILES string of the molecule is CC(NC(=O)C1(C(N)=NO)CCCCC1)c1ccncc1. The molecule has 1 aromatic rings. The number of carbonyl (C=O) groups is 1. The average molecular weight is 290 g/mol. The molecular formula is C15H22N4O2. The van der Waals surface area contributed by atoms with Crippen LogP contribution in [0.15, 0.2) is 29.7 Å². The van der Waals surface area contributed by atoms with E-state index in [-0.39, 0.29) is 17.8 Å². The Morgan fingerprint density at radius 2 is 2.00 bits per heavy atom. The smallest absolute Gasteiger partial charge is 0.234 e. The van der Waals surface area contributed by atoms with Crippen LogP contribution < -0.4 is 11.1 Å². The summed E-state index contributed by atoms with van der Waals surface area (Å²) >= 11 is 0. The van der Waals surface area contributed by atoms with Crippen LogP contribution in [-0.4, -0.2) is 21.9 Å². The van der Waals surface area contributed by atoms with Crippen LogP contribution in [0.25, 0.3) is 0 Å². The van der Waals surface area contributed by atoms with Gasteiger partial charge in [0.1, 0.15) is 5.41 Å². The summed E-state index contributed by atoms with van der Waals surface area (Å²) in [5.41, 5.74) is 5.92. The van der Waals surface area contributed by atoms with Crippen molar-refractivity contribution in [3.63, 3.8) is 0 Å². The van der Waals surface area contributed by atoms with Crippen molar-refractivity contribution in [1.29, 1.82) is 0 Å². The summed E-state index contributed by atoms with van der Waals surface area (Å²) in [5.74, 6) is -0.150. The topological polar surface area (TPSA) is 101 Å². The fourth-order valence-corrected chi connectivity index (χ4v) is 2.92. The second-order valence-electron chi connectivity index (χ2n) is 5.60. The van der Waals surface area contributed by atoms with E-state index in [1.54, 1.807) is 12.4 Å². The van der Waals surface area contributed by atoms with Crippen molar-refractivity contribution in [3.05, 3.63) is 30.1 Å². The van der Waals surface area contributed by atoms with Crippen LogP contribution in [0.5, 0.6) is 0 Å². The third kappa shape index (κ3) is 3.15. The summed E-state index contributed by atoms with van der Waals surface area (Å²) in [7, 11) is 0. The van der Waals surface area contributed by atoms with Crippen LogP contribution in [0.4, 0.5) is 0 Å². The molecule has 1 unspecified atom stereocenters. The number of oxime groups is 1. The number of hydrogen-bond donors (Lipinski definition) is 3. The van der Waals surface area contributed by atoms with E-state index in [1.807, 2.05) is 19.1 Å². The van der Waals surface area contributed by atoms with Gasteiger partial charge in [0.25, 0.3) is 0 Å². The standard InChI is InChI=1S/C15H22N4O2/c1-11(12-5-9-17-10-6-12)18-14(20)15(13(16)19-21)7-3-2-4-8-15/h5-6,9-11,21H,2-4,7-8H2,1H3,(H2,16,19)(H,18,20). The Balaban J connectivity index is 2.16. The summed E-state index contributed by atoms with van der Waals surface area (Å²) in [6.45, 7) is 1.91. The highest BCUT2D eigenvalue weighted by Gasteiger charge is 2.44. The van der Waals surface area contributed by atoms with Crippen LogP contribution in [-0.2, 0) is 4.79 Å². The molecule has 0 bridgehead atoms. The number of amides is 1. The summed E-state index contributed by atoms with van der Waals surface area (Å²) in [6, 6.07) is 3.58. The van der Waals surface area contributed by atoms with E-state index in [0.29, 0.717) is 12.8 Å². The van der Waals surface area contributed by atoms with Gasteiger partial charge in [-0.3, -0.25) is 9.78 Å². The van der Waals surface area contributed by atoms with Gasteiger partial charge < -0.3 is 16.3 Å². The highest BCUT2D eigenvalue weighted by atomic mass is 16.4. The predicted molar refractivity (Wildman–Crippen MR) is 79.7 cm³/mol. The largest absolute Gasteiger partial charge is 0.409 e. The van der Waals surface area contributed by atoms with Crippen LogP contribution in [0, 0.1) is 5.41 Å². The van der Waals surface area contributed by atoms with Gasteiger partial charge in [0, 0.05) is 12.4 Å². The van der Waals surface area contributed by atoms with Gasteiger partial charge in [-0.15, -0.1) is 0 Å². The minimum Gasteiger partial charge on any atom is -0.409 e. The molecule has 1 aromatic heterocycles. The van der Waals surface area contributed by atoms with Gasteiger partial charge in [0.05, 0.1) is 6.04 Å². The Hall–Kier alpha value is -2.11. The minimum atomic E-state index is -0.881. The first-order chi connectivity index (χ1) is 10.1. The van der Waals surface area contributed by atoms with Crippen molar-refractivity contribution in [2.45, 2.75) is 45.1 Å². The lowest BCUT2D eigenvalue weighted by Gasteiger charge is -2.35. The number of rotatable bonds is 4. The van der Waals surface area contributed by atoms with Gasteiger partial charge in [0.2, 0.25) is 5.91 Å². The van der Waals surface area contributed by atoms with Crippen LogP contribution in [0.1, 0.15) is 50.6 Å². The number of nitrogens with two attached hydrogens (primary N) is 1. The number of hydrogen-bond acceptors (Lipinski definition) is 4. The van der Waals surface area contributed by atoms with Crippen molar-refractivity contribution in [2.24, 2.45) is 16.3 Å². The van der Waals surface area contributed by atoms with Gasteiger partial charge in [-0.1, -0.05) is 24.4 Å². The number of amidine groups is 1. The van der Waals surface area contributed by atoms with E-state index >= 15 is 0 Å². The molecule has 2 rings (SSSR count). The molecule has 6 nitrogen and oxygen atoms in total. The first-order valence-electron chi connectivity index (χ1n) is 7.29. The number of nitrogens with one attached hydrogen (secondary N) is 1. The Kier molecular flexibility index (Phi) is 4.77. The molecule has 1 saturated carbocycles. The van der Waals surface area contributed by atoms with Crippen molar-refractivity contribution >= 4 is 11.7 Å². The predicted octanol–water partition coefficient (Wildman–Crippen LogP) is 1.96. The zero-order chi connectivity index (χ0) is 15.3. The first-order valence-corrected chi connectivity index (χ1v) is 7.29. The quantitative estimate of drug-likeness (QED) is 0.341. The summed E-state index contributed by atoms with van der Waals surface area (Å²) < 4.78 is 0. The van der Waals surface area contributed by atoms with E-state index in [9.17, 15) is 4.79 Å². The second kappa shape index (κ2) is 6.56. The molecule has 6 heteroatoms. The third-order valence-electron chi connectivity index (χ3n) is 4.29. The van der Waals surface area contributed by atoms with Crippen molar-refractivity contribution < 1.29 is 10.0 Å². The number of nitrogens with zero attached hydrogens (tertiary/aromatic N) is 2. The molecule has 1 atom stereocenters. The zero-order valence-electron chi connectivity index (χ0n) is 12.2. The van der Waals surface area contributed by atoms with Gasteiger partial charge >= 0.3 is 0 Å². The highest BCUT2D eigenvalue weighted by molar-refractivity contribution is 6.06. The normalized spacial score (nSPS) is 19.8. The molecule has 114 valence electrons. The Morgan fingerprint density at radius 1 is 1.38 bits per heavy atom. The Labute approximate surface area is 124 Å². The molecule has 0 saturated heterocycles. The molecule has 1 aliphatic rings. The molecule has 4 N–H and O–H groups in total. The fraction of sp³-hybridized carbons (Fsp3) is 0.533. The van der Waals surface area contributed by atoms with Crippen LogP contribution in [0.2, 0.25) is 0 Å². The van der Waals surface area contributed by atoms with E-state index < -0.39 is 5.41 Å². The molecule has 1 amide bonds. The average Bonchev–Trinajstić information content (AvgIpc) is 2.55. The van der Waals surface area contributed by atoms with Gasteiger partial charge in [0.15, 0.2) is 5.84 Å². The molecule has 0 aromatic carbocycles. The zero-order valence-corrected chi connectivity index (χ0v) is 12.2. The summed E-state index contributed by atoms with van der Waals surface area (Å²) in [4.78, 5) is 16.7. The van der Waals surface area contributed by atoms with Crippen molar-refractivity contribution in [1.82, 2.24) is 10.3 Å². The molecule has 1 heterocycles. The summed E-state index contributed by atoms with van der Waals surface area (Å²) in [6.07, 6.45) is 7.53. The minimum absolute atomic E-state index is 0.0154. The third-order valence-corrected chi connectivity index (χ3v) is 4.29. The summed E-state index contributed by atoms with van der Waals surface area (Å²) in [5, 5.41) is 15.1. The first kappa shape index (κ1) is 15.3. The van der Waals surface area contributed by atoms with E-state index in [4.69, 9.17) is 10.9 Å². The molecule has 21 heavy (non-hydrogen) atoms. The fourth-order valence-electron chi connectivity index (χ4n) is 2.92. The maximum atomic E-state index is 12.7. The van der Waals surface area contributed by atoms with Crippen LogP contribution >= 0.6 is 0 Å². The van der Waals surface area contributed by atoms with E-state index in [2.05, 4.69) is 15.5 Å². The van der Waals surface area contributed by atoms with Gasteiger partial charge in [-0.25, -0.2) is 0 Å². The lowest BCUT2D eigenvalue weighted by Crippen LogP contribution is -2.51. The van der Waals surface area contributed by atoms with Gasteiger partial charge in [-0.05, 0) is 37.5 Å². The number of carbonyl (C=O) groups excluding carboxylic acids is 1. The number of aromatic nitrogens is 1. The van der Waals surface area contributed by atoms with E-state index in [1.165, 1.54) is 0 Å². The number of pyridine rings is 1. The van der Waals surface area contributed by atoms with Crippen LogP contribution in [0.3, 0.4) is 0 Å². The lowest BCUT2D eigenvalue weighted by molar-refractivity contribution is -0.129. The van der Waals surface area contributed by atoms with E-state index in [0.717, 1.165) is 24.8 Å². The van der Waals surface area contributed by atoms with Crippen molar-refractivity contribution in [3.8, 4) is 0 Å². The maximum Gasteiger partial charge on any atom is 0.234 e. The molecule has 0 aliphatic heterocycles.